The maximum atomic E-state index is 13.8. The smallest absolute Gasteiger partial charge is 0.264 e. The van der Waals surface area contributed by atoms with Crippen molar-refractivity contribution in [2.24, 2.45) is 5.92 Å². The molecule has 104 valence electrons. The van der Waals surface area contributed by atoms with Gasteiger partial charge in [-0.2, -0.15) is 0 Å². The van der Waals surface area contributed by atoms with Crippen LogP contribution in [0.1, 0.15) is 23.2 Å². The topological polar surface area (TPSA) is 63.2 Å². The first-order valence-corrected chi connectivity index (χ1v) is 7.82. The van der Waals surface area contributed by atoms with Gasteiger partial charge in [0, 0.05) is 17.2 Å². The zero-order valence-electron chi connectivity index (χ0n) is 9.62. The molecule has 8 heteroatoms. The average Bonchev–Trinajstić information content (AvgIpc) is 3.11. The number of amides is 1. The van der Waals surface area contributed by atoms with Crippen LogP contribution in [-0.4, -0.2) is 20.9 Å². The van der Waals surface area contributed by atoms with E-state index in [0.717, 1.165) is 12.8 Å². The van der Waals surface area contributed by atoms with Gasteiger partial charge >= 0.3 is 0 Å². The van der Waals surface area contributed by atoms with Crippen LogP contribution in [-0.2, 0) is 9.05 Å². The van der Waals surface area contributed by atoms with Crippen molar-refractivity contribution in [3.63, 3.8) is 0 Å². The Bertz CT molecular complexity index is 629. The second-order valence-electron chi connectivity index (χ2n) is 4.36. The van der Waals surface area contributed by atoms with Crippen LogP contribution in [0.2, 0.25) is 0 Å². The molecule has 0 spiro atoms. The summed E-state index contributed by atoms with van der Waals surface area (Å²) in [6, 6.07) is 1.08. The third-order valence-electron chi connectivity index (χ3n) is 2.76. The van der Waals surface area contributed by atoms with Crippen LogP contribution in [0.4, 0.5) is 8.78 Å². The van der Waals surface area contributed by atoms with Gasteiger partial charge in [0.15, 0.2) is 5.82 Å². The van der Waals surface area contributed by atoms with Crippen molar-refractivity contribution in [2.45, 2.75) is 17.7 Å². The Balaban J connectivity index is 2.33. The van der Waals surface area contributed by atoms with Crippen LogP contribution in [0.15, 0.2) is 17.0 Å². The van der Waals surface area contributed by atoms with E-state index in [1.54, 1.807) is 0 Å². The zero-order valence-corrected chi connectivity index (χ0v) is 11.2. The molecule has 1 amide bonds. The molecule has 1 aliphatic carbocycles. The predicted molar refractivity (Wildman–Crippen MR) is 64.5 cm³/mol. The molecule has 0 heterocycles. The standard InChI is InChI=1S/C11H10ClF2NO3S/c12-19(17,18)9-4-7(13)3-8(10(9)14)11(16)15-5-6-1-2-6/h3-4,6H,1-2,5H2,(H,15,16). The Labute approximate surface area is 113 Å². The lowest BCUT2D eigenvalue weighted by Crippen LogP contribution is -2.27. The van der Waals surface area contributed by atoms with Gasteiger partial charge in [0.1, 0.15) is 10.7 Å². The molecule has 1 fully saturated rings. The maximum Gasteiger partial charge on any atom is 0.264 e. The highest BCUT2D eigenvalue weighted by Crippen LogP contribution is 2.28. The van der Waals surface area contributed by atoms with Crippen LogP contribution in [0.3, 0.4) is 0 Å². The second kappa shape index (κ2) is 5.05. The fourth-order valence-electron chi connectivity index (χ4n) is 1.56. The molecule has 1 aromatic rings. The molecule has 1 aliphatic rings. The fraction of sp³-hybridized carbons (Fsp3) is 0.364. The molecule has 1 aromatic carbocycles. The molecule has 19 heavy (non-hydrogen) atoms. The van der Waals surface area contributed by atoms with E-state index in [1.165, 1.54) is 0 Å². The highest BCUT2D eigenvalue weighted by molar-refractivity contribution is 8.13. The van der Waals surface area contributed by atoms with Gasteiger partial charge in [-0.3, -0.25) is 4.79 Å². The molecule has 1 saturated carbocycles. The van der Waals surface area contributed by atoms with Crippen molar-refractivity contribution in [1.29, 1.82) is 0 Å². The SMILES string of the molecule is O=C(NCC1CC1)c1cc(F)cc(S(=O)(=O)Cl)c1F. The summed E-state index contributed by atoms with van der Waals surface area (Å²) in [5.41, 5.74) is -0.667. The molecule has 0 unspecified atom stereocenters. The second-order valence-corrected chi connectivity index (χ2v) is 6.89. The van der Waals surface area contributed by atoms with Gasteiger partial charge in [-0.25, -0.2) is 17.2 Å². The lowest BCUT2D eigenvalue weighted by atomic mass is 10.2. The molecule has 0 aromatic heterocycles. The van der Waals surface area contributed by atoms with Gasteiger partial charge in [-0.05, 0) is 30.9 Å². The molecular formula is C11H10ClF2NO3S. The van der Waals surface area contributed by atoms with E-state index in [1.807, 2.05) is 0 Å². The monoisotopic (exact) mass is 309 g/mol. The number of hydrogen-bond acceptors (Lipinski definition) is 3. The van der Waals surface area contributed by atoms with Crippen molar-refractivity contribution in [1.82, 2.24) is 5.32 Å². The minimum atomic E-state index is -4.45. The van der Waals surface area contributed by atoms with Crippen molar-refractivity contribution in [3.05, 3.63) is 29.3 Å². The van der Waals surface area contributed by atoms with E-state index in [9.17, 15) is 22.0 Å². The lowest BCUT2D eigenvalue weighted by molar-refractivity contribution is 0.0946. The van der Waals surface area contributed by atoms with Gasteiger partial charge in [0.2, 0.25) is 0 Å². The molecule has 0 atom stereocenters. The Morgan fingerprint density at radius 3 is 2.53 bits per heavy atom. The zero-order chi connectivity index (χ0) is 14.2. The third-order valence-corrected chi connectivity index (χ3v) is 4.08. The summed E-state index contributed by atoms with van der Waals surface area (Å²) in [4.78, 5) is 10.6. The quantitative estimate of drug-likeness (QED) is 0.866. The first-order chi connectivity index (χ1) is 8.79. The molecule has 2 rings (SSSR count). The molecule has 0 aliphatic heterocycles. The number of benzene rings is 1. The summed E-state index contributed by atoms with van der Waals surface area (Å²) in [5.74, 6) is -2.89. The summed E-state index contributed by atoms with van der Waals surface area (Å²) in [7, 11) is 0.530. The van der Waals surface area contributed by atoms with Crippen LogP contribution in [0.25, 0.3) is 0 Å². The van der Waals surface area contributed by atoms with E-state index in [0.29, 0.717) is 24.6 Å². The number of hydrogen-bond donors (Lipinski definition) is 1. The number of carbonyl (C=O) groups excluding carboxylic acids is 1. The van der Waals surface area contributed by atoms with E-state index in [2.05, 4.69) is 5.32 Å². The molecule has 4 nitrogen and oxygen atoms in total. The Morgan fingerprint density at radius 2 is 2.00 bits per heavy atom. The molecular weight excluding hydrogens is 300 g/mol. The number of nitrogens with one attached hydrogen (secondary N) is 1. The third kappa shape index (κ3) is 3.42. The molecule has 0 radical (unpaired) electrons. The van der Waals surface area contributed by atoms with Crippen molar-refractivity contribution in [3.8, 4) is 0 Å². The minimum Gasteiger partial charge on any atom is -0.352 e. The molecule has 0 saturated heterocycles. The number of rotatable bonds is 4. The Morgan fingerprint density at radius 1 is 1.37 bits per heavy atom. The highest BCUT2D eigenvalue weighted by atomic mass is 35.7. The summed E-state index contributed by atoms with van der Waals surface area (Å²) >= 11 is 0. The van der Waals surface area contributed by atoms with Gasteiger partial charge in [-0.1, -0.05) is 0 Å². The van der Waals surface area contributed by atoms with E-state index >= 15 is 0 Å². The minimum absolute atomic E-state index is 0.358. The van der Waals surface area contributed by atoms with E-state index in [-0.39, 0.29) is 0 Å². The predicted octanol–water partition coefficient (Wildman–Crippen LogP) is 2.03. The van der Waals surface area contributed by atoms with Gasteiger partial charge < -0.3 is 5.32 Å². The first-order valence-electron chi connectivity index (χ1n) is 5.51. The average molecular weight is 310 g/mol. The van der Waals surface area contributed by atoms with E-state index < -0.39 is 37.1 Å². The highest BCUT2D eigenvalue weighted by Gasteiger charge is 2.26. The Hall–Kier alpha value is -1.21. The van der Waals surface area contributed by atoms with Crippen LogP contribution >= 0.6 is 10.7 Å². The summed E-state index contributed by atoms with van der Waals surface area (Å²) in [6.45, 7) is 0.359. The number of carbonyl (C=O) groups is 1. The number of halogens is 3. The summed E-state index contributed by atoms with van der Waals surface area (Å²) in [6.07, 6.45) is 1.96. The van der Waals surface area contributed by atoms with Gasteiger partial charge in [0.25, 0.3) is 15.0 Å². The fourth-order valence-corrected chi connectivity index (χ4v) is 2.48. The van der Waals surface area contributed by atoms with Crippen molar-refractivity contribution >= 4 is 25.6 Å². The maximum absolute atomic E-state index is 13.8. The van der Waals surface area contributed by atoms with Crippen LogP contribution in [0, 0.1) is 17.6 Å². The van der Waals surface area contributed by atoms with Crippen molar-refractivity contribution in [2.75, 3.05) is 6.54 Å². The normalized spacial score (nSPS) is 15.3. The summed E-state index contributed by atoms with van der Waals surface area (Å²) in [5, 5.41) is 2.42. The van der Waals surface area contributed by atoms with Gasteiger partial charge in [-0.15, -0.1) is 0 Å². The summed E-state index contributed by atoms with van der Waals surface area (Å²) < 4.78 is 49.3. The largest absolute Gasteiger partial charge is 0.352 e. The first kappa shape index (κ1) is 14.2. The van der Waals surface area contributed by atoms with Crippen LogP contribution in [0.5, 0.6) is 0 Å². The molecule has 0 bridgehead atoms. The van der Waals surface area contributed by atoms with E-state index in [4.69, 9.17) is 10.7 Å². The lowest BCUT2D eigenvalue weighted by Gasteiger charge is -2.07. The van der Waals surface area contributed by atoms with Crippen molar-refractivity contribution < 1.29 is 22.0 Å². The van der Waals surface area contributed by atoms with Crippen LogP contribution < -0.4 is 5.32 Å². The van der Waals surface area contributed by atoms with Gasteiger partial charge in [0.05, 0.1) is 5.56 Å². The Kier molecular flexibility index (Phi) is 3.78. The molecule has 1 N–H and O–H groups in total.